The summed E-state index contributed by atoms with van der Waals surface area (Å²) >= 11 is 0. The zero-order valence-corrected chi connectivity index (χ0v) is 16.1. The van der Waals surface area contributed by atoms with E-state index in [0.717, 1.165) is 18.4 Å². The topological polar surface area (TPSA) is 72.2 Å². The SMILES string of the molecule is CCc1ccc(-c2nc(C[S@](=O)CC(=O)N[C@H](C)CC)c(C)o2)cc1. The van der Waals surface area contributed by atoms with Crippen LogP contribution in [0.5, 0.6) is 0 Å². The number of carbonyl (C=O) groups excluding carboxylic acids is 1. The highest BCUT2D eigenvalue weighted by Gasteiger charge is 2.16. The largest absolute Gasteiger partial charge is 0.441 e. The van der Waals surface area contributed by atoms with Crippen molar-refractivity contribution in [2.45, 2.75) is 52.3 Å². The van der Waals surface area contributed by atoms with Crippen molar-refractivity contribution < 1.29 is 13.4 Å². The van der Waals surface area contributed by atoms with Gasteiger partial charge in [0.05, 0.1) is 11.4 Å². The van der Waals surface area contributed by atoms with E-state index >= 15 is 0 Å². The predicted octanol–water partition coefficient (Wildman–Crippen LogP) is 3.38. The molecule has 1 aromatic heterocycles. The smallest absolute Gasteiger partial charge is 0.232 e. The first-order chi connectivity index (χ1) is 11.9. The molecule has 0 fully saturated rings. The van der Waals surface area contributed by atoms with E-state index in [9.17, 15) is 9.00 Å². The molecule has 2 aromatic rings. The van der Waals surface area contributed by atoms with Crippen molar-refractivity contribution >= 4 is 16.7 Å². The molecule has 0 aliphatic carbocycles. The quantitative estimate of drug-likeness (QED) is 0.781. The number of amides is 1. The molecule has 1 aromatic carbocycles. The number of hydrogen-bond donors (Lipinski definition) is 1. The molecule has 0 spiro atoms. The lowest BCUT2D eigenvalue weighted by atomic mass is 10.1. The summed E-state index contributed by atoms with van der Waals surface area (Å²) < 4.78 is 18.0. The van der Waals surface area contributed by atoms with Crippen molar-refractivity contribution in [2.75, 3.05) is 5.75 Å². The zero-order valence-electron chi connectivity index (χ0n) is 15.3. The van der Waals surface area contributed by atoms with Crippen LogP contribution < -0.4 is 5.32 Å². The molecule has 6 heteroatoms. The molecule has 2 atom stereocenters. The van der Waals surface area contributed by atoms with Gasteiger partial charge in [0, 0.05) is 22.4 Å². The molecule has 0 unspecified atom stereocenters. The van der Waals surface area contributed by atoms with Gasteiger partial charge in [0.25, 0.3) is 0 Å². The molecule has 0 saturated heterocycles. The van der Waals surface area contributed by atoms with E-state index in [-0.39, 0.29) is 23.5 Å². The van der Waals surface area contributed by atoms with Gasteiger partial charge in [-0.25, -0.2) is 4.98 Å². The van der Waals surface area contributed by atoms with Crippen LogP contribution in [-0.2, 0) is 27.8 Å². The normalized spacial score (nSPS) is 13.4. The minimum atomic E-state index is -1.31. The monoisotopic (exact) mass is 362 g/mol. The summed E-state index contributed by atoms with van der Waals surface area (Å²) in [5, 5.41) is 2.83. The standard InChI is InChI=1S/C19H26N2O3S/c1-5-13(3)20-18(22)12-25(23)11-17-14(4)24-19(21-17)16-9-7-15(6-2)8-10-16/h7-10,13H,5-6,11-12H2,1-4H3,(H,20,22)/t13-,25+/m1/s1. The molecule has 0 saturated carbocycles. The van der Waals surface area contributed by atoms with Crippen molar-refractivity contribution in [2.24, 2.45) is 0 Å². The van der Waals surface area contributed by atoms with E-state index in [1.807, 2.05) is 45.0 Å². The first kappa shape index (κ1) is 19.4. The molecule has 25 heavy (non-hydrogen) atoms. The maximum atomic E-state index is 12.2. The van der Waals surface area contributed by atoms with Crippen LogP contribution in [0.1, 0.15) is 44.2 Å². The van der Waals surface area contributed by atoms with Gasteiger partial charge in [0.15, 0.2) is 0 Å². The van der Waals surface area contributed by atoms with E-state index < -0.39 is 10.8 Å². The second kappa shape index (κ2) is 8.94. The van der Waals surface area contributed by atoms with Gasteiger partial charge in [-0.2, -0.15) is 0 Å². The fourth-order valence-electron chi connectivity index (χ4n) is 2.34. The molecule has 0 radical (unpaired) electrons. The van der Waals surface area contributed by atoms with Crippen LogP contribution in [0.2, 0.25) is 0 Å². The Morgan fingerprint density at radius 2 is 1.96 bits per heavy atom. The number of oxazole rings is 1. The minimum Gasteiger partial charge on any atom is -0.441 e. The lowest BCUT2D eigenvalue weighted by Crippen LogP contribution is -2.35. The van der Waals surface area contributed by atoms with Crippen molar-refractivity contribution in [3.8, 4) is 11.5 Å². The Bertz CT molecular complexity index is 738. The molecule has 2 rings (SSSR count). The molecule has 0 bridgehead atoms. The lowest BCUT2D eigenvalue weighted by Gasteiger charge is -2.10. The van der Waals surface area contributed by atoms with Gasteiger partial charge in [0.2, 0.25) is 11.8 Å². The third kappa shape index (κ3) is 5.53. The molecular formula is C19H26N2O3S. The van der Waals surface area contributed by atoms with Crippen LogP contribution in [0.15, 0.2) is 28.7 Å². The van der Waals surface area contributed by atoms with Gasteiger partial charge in [-0.1, -0.05) is 26.0 Å². The Labute approximate surface area is 151 Å². The highest BCUT2D eigenvalue weighted by Crippen LogP contribution is 2.23. The summed E-state index contributed by atoms with van der Waals surface area (Å²) in [5.41, 5.74) is 2.79. The average molecular weight is 362 g/mol. The summed E-state index contributed by atoms with van der Waals surface area (Å²) in [6, 6.07) is 8.14. The molecule has 1 heterocycles. The number of nitrogens with zero attached hydrogens (tertiary/aromatic N) is 1. The number of aromatic nitrogens is 1. The number of hydrogen-bond acceptors (Lipinski definition) is 4. The first-order valence-electron chi connectivity index (χ1n) is 8.62. The summed E-state index contributed by atoms with van der Waals surface area (Å²) in [6.45, 7) is 7.84. The van der Waals surface area contributed by atoms with Crippen LogP contribution in [0.4, 0.5) is 0 Å². The summed E-state index contributed by atoms with van der Waals surface area (Å²) in [5.74, 6) is 1.18. The van der Waals surface area contributed by atoms with Gasteiger partial charge in [0.1, 0.15) is 11.5 Å². The number of aryl methyl sites for hydroxylation is 2. The van der Waals surface area contributed by atoms with Crippen LogP contribution in [0, 0.1) is 6.92 Å². The van der Waals surface area contributed by atoms with Gasteiger partial charge >= 0.3 is 0 Å². The third-order valence-electron chi connectivity index (χ3n) is 4.11. The fraction of sp³-hybridized carbons (Fsp3) is 0.474. The van der Waals surface area contributed by atoms with E-state index in [1.165, 1.54) is 5.56 Å². The van der Waals surface area contributed by atoms with Crippen molar-refractivity contribution in [1.29, 1.82) is 0 Å². The van der Waals surface area contributed by atoms with Crippen molar-refractivity contribution in [3.05, 3.63) is 41.3 Å². The third-order valence-corrected chi connectivity index (χ3v) is 5.29. The summed E-state index contributed by atoms with van der Waals surface area (Å²) in [7, 11) is -1.31. The van der Waals surface area contributed by atoms with Crippen LogP contribution in [-0.4, -0.2) is 26.9 Å². The molecular weight excluding hydrogens is 336 g/mol. The highest BCUT2D eigenvalue weighted by molar-refractivity contribution is 7.84. The van der Waals surface area contributed by atoms with Gasteiger partial charge in [-0.3, -0.25) is 9.00 Å². The van der Waals surface area contributed by atoms with Crippen molar-refractivity contribution in [1.82, 2.24) is 10.3 Å². The van der Waals surface area contributed by atoms with E-state index in [2.05, 4.69) is 17.2 Å². The van der Waals surface area contributed by atoms with Crippen LogP contribution >= 0.6 is 0 Å². The van der Waals surface area contributed by atoms with Gasteiger partial charge < -0.3 is 9.73 Å². The second-order valence-electron chi connectivity index (χ2n) is 6.18. The van der Waals surface area contributed by atoms with E-state index in [1.54, 1.807) is 0 Å². The Morgan fingerprint density at radius 3 is 2.56 bits per heavy atom. The highest BCUT2D eigenvalue weighted by atomic mass is 32.2. The number of rotatable bonds is 8. The summed E-state index contributed by atoms with van der Waals surface area (Å²) in [4.78, 5) is 16.3. The predicted molar refractivity (Wildman–Crippen MR) is 101 cm³/mol. The first-order valence-corrected chi connectivity index (χ1v) is 10.1. The van der Waals surface area contributed by atoms with Gasteiger partial charge in [-0.05, 0) is 44.4 Å². The molecule has 1 N–H and O–H groups in total. The Balaban J connectivity index is 2.02. The fourth-order valence-corrected chi connectivity index (χ4v) is 3.39. The van der Waals surface area contributed by atoms with Crippen molar-refractivity contribution in [3.63, 3.8) is 0 Å². The zero-order chi connectivity index (χ0) is 18.4. The Kier molecular flexibility index (Phi) is 6.93. The lowest BCUT2D eigenvalue weighted by molar-refractivity contribution is -0.119. The van der Waals surface area contributed by atoms with Crippen LogP contribution in [0.25, 0.3) is 11.5 Å². The molecule has 136 valence electrons. The number of benzene rings is 1. The molecule has 1 amide bonds. The molecule has 0 aliphatic heterocycles. The molecule has 0 aliphatic rings. The number of nitrogens with one attached hydrogen (secondary N) is 1. The van der Waals surface area contributed by atoms with E-state index in [4.69, 9.17) is 4.42 Å². The minimum absolute atomic E-state index is 0.0167. The molecule has 5 nitrogen and oxygen atoms in total. The van der Waals surface area contributed by atoms with Gasteiger partial charge in [-0.15, -0.1) is 0 Å². The Morgan fingerprint density at radius 1 is 1.28 bits per heavy atom. The number of carbonyl (C=O) groups is 1. The van der Waals surface area contributed by atoms with E-state index in [0.29, 0.717) is 17.3 Å². The second-order valence-corrected chi connectivity index (χ2v) is 7.63. The maximum Gasteiger partial charge on any atom is 0.232 e. The average Bonchev–Trinajstić information content (AvgIpc) is 2.95. The maximum absolute atomic E-state index is 12.2. The Hall–Kier alpha value is -1.95. The van der Waals surface area contributed by atoms with Crippen LogP contribution in [0.3, 0.4) is 0 Å². The summed E-state index contributed by atoms with van der Waals surface area (Å²) in [6.07, 6.45) is 1.83.